The van der Waals surface area contributed by atoms with Gasteiger partial charge in [-0.25, -0.2) is 4.79 Å². The van der Waals surface area contributed by atoms with Crippen LogP contribution in [-0.4, -0.2) is 22.0 Å². The summed E-state index contributed by atoms with van der Waals surface area (Å²) in [5, 5.41) is 11.6. The van der Waals surface area contributed by atoms with Crippen LogP contribution in [-0.2, 0) is 4.79 Å². The van der Waals surface area contributed by atoms with Crippen molar-refractivity contribution in [1.82, 2.24) is 4.98 Å². The predicted molar refractivity (Wildman–Crippen MR) is 73.1 cm³/mol. The molecular weight excluding hydrogens is 244 g/mol. The summed E-state index contributed by atoms with van der Waals surface area (Å²) in [6.45, 7) is 8.20. The average Bonchev–Trinajstić information content (AvgIpc) is 2.27. The van der Waals surface area contributed by atoms with Crippen LogP contribution in [0.1, 0.15) is 44.5 Å². The lowest BCUT2D eigenvalue weighted by atomic mass is 9.80. The lowest BCUT2D eigenvalue weighted by Crippen LogP contribution is -2.24. The molecule has 0 saturated heterocycles. The molecule has 0 saturated carbocycles. The zero-order valence-corrected chi connectivity index (χ0v) is 11.7. The molecule has 0 aliphatic carbocycles. The summed E-state index contributed by atoms with van der Waals surface area (Å²) in [5.74, 6) is -1.09. The Bertz CT molecular complexity index is 478. The van der Waals surface area contributed by atoms with Gasteiger partial charge in [-0.2, -0.15) is 0 Å². The topological polar surface area (TPSA) is 79.3 Å². The molecule has 1 atom stereocenters. The highest BCUT2D eigenvalue weighted by atomic mass is 16.4. The van der Waals surface area contributed by atoms with Crippen molar-refractivity contribution in [3.63, 3.8) is 0 Å². The van der Waals surface area contributed by atoms with E-state index in [9.17, 15) is 9.59 Å². The normalized spacial score (nSPS) is 12.8. The first kappa shape index (κ1) is 15.1. The highest BCUT2D eigenvalue weighted by Crippen LogP contribution is 2.28. The molecular formula is C14H20N2O3. The van der Waals surface area contributed by atoms with Crippen LogP contribution in [0.5, 0.6) is 0 Å². The van der Waals surface area contributed by atoms with Crippen molar-refractivity contribution in [2.45, 2.75) is 34.1 Å². The number of pyridine rings is 1. The minimum absolute atomic E-state index is 0.0297. The van der Waals surface area contributed by atoms with Crippen molar-refractivity contribution >= 4 is 17.6 Å². The molecule has 2 N–H and O–H groups in total. The number of carbonyl (C=O) groups is 2. The number of hydrogen-bond acceptors (Lipinski definition) is 3. The first-order valence-corrected chi connectivity index (χ1v) is 6.19. The van der Waals surface area contributed by atoms with Crippen LogP contribution in [0.3, 0.4) is 0 Å². The van der Waals surface area contributed by atoms with Gasteiger partial charge in [-0.3, -0.25) is 9.78 Å². The van der Waals surface area contributed by atoms with Crippen molar-refractivity contribution in [2.75, 3.05) is 5.32 Å². The third-order valence-electron chi connectivity index (χ3n) is 3.30. The molecule has 0 aliphatic rings. The lowest BCUT2D eigenvalue weighted by molar-refractivity contribution is -0.117. The molecule has 104 valence electrons. The number of carboxylic acid groups (broad SMARTS) is 1. The van der Waals surface area contributed by atoms with Crippen molar-refractivity contribution in [2.24, 2.45) is 11.3 Å². The number of carbonyl (C=O) groups excluding carboxylic acids is 1. The lowest BCUT2D eigenvalue weighted by Gasteiger charge is -2.26. The Morgan fingerprint density at radius 2 is 2.05 bits per heavy atom. The summed E-state index contributed by atoms with van der Waals surface area (Å²) in [7, 11) is 0. The van der Waals surface area contributed by atoms with E-state index in [1.54, 1.807) is 0 Å². The molecule has 0 spiro atoms. The fraction of sp³-hybridized carbons (Fsp3) is 0.500. The quantitative estimate of drug-likeness (QED) is 0.876. The molecule has 0 radical (unpaired) electrons. The molecule has 1 aromatic rings. The monoisotopic (exact) mass is 264 g/mol. The smallest absolute Gasteiger partial charge is 0.337 e. The third kappa shape index (κ3) is 4.35. The molecule has 5 heteroatoms. The highest BCUT2D eigenvalue weighted by Gasteiger charge is 2.23. The van der Waals surface area contributed by atoms with Gasteiger partial charge in [-0.05, 0) is 17.4 Å². The summed E-state index contributed by atoms with van der Waals surface area (Å²) >= 11 is 0. The van der Waals surface area contributed by atoms with E-state index in [-0.39, 0.29) is 28.5 Å². The molecule has 0 aromatic carbocycles. The van der Waals surface area contributed by atoms with E-state index in [1.807, 2.05) is 6.92 Å². The standard InChI is InChI=1S/C14H20N2O3/c1-9(14(2,3)4)7-12(17)16-11-8-15-6-5-10(11)13(18)19/h5-6,8-9H,7H2,1-4H3,(H,16,17)(H,18,19). The second-order valence-electron chi connectivity index (χ2n) is 5.75. The number of rotatable bonds is 4. The van der Waals surface area contributed by atoms with Crippen LogP contribution in [0, 0.1) is 11.3 Å². The fourth-order valence-electron chi connectivity index (χ4n) is 1.47. The van der Waals surface area contributed by atoms with Crippen LogP contribution in [0.2, 0.25) is 0 Å². The Kier molecular flexibility index (Phi) is 4.64. The number of carboxylic acids is 1. The Hall–Kier alpha value is -1.91. The van der Waals surface area contributed by atoms with E-state index in [0.717, 1.165) is 0 Å². The molecule has 1 aromatic heterocycles. The van der Waals surface area contributed by atoms with Crippen molar-refractivity contribution in [3.8, 4) is 0 Å². The van der Waals surface area contributed by atoms with Gasteiger partial charge in [0.1, 0.15) is 0 Å². The van der Waals surface area contributed by atoms with Gasteiger partial charge >= 0.3 is 5.97 Å². The molecule has 1 rings (SSSR count). The van der Waals surface area contributed by atoms with Crippen LogP contribution in [0.4, 0.5) is 5.69 Å². The van der Waals surface area contributed by atoms with Gasteiger partial charge in [0.05, 0.1) is 17.4 Å². The maximum atomic E-state index is 11.9. The van der Waals surface area contributed by atoms with Crippen molar-refractivity contribution in [3.05, 3.63) is 24.0 Å². The van der Waals surface area contributed by atoms with Crippen LogP contribution in [0.25, 0.3) is 0 Å². The van der Waals surface area contributed by atoms with Crippen LogP contribution in [0.15, 0.2) is 18.5 Å². The molecule has 0 bridgehead atoms. The minimum atomic E-state index is -1.08. The Morgan fingerprint density at radius 3 is 2.58 bits per heavy atom. The zero-order valence-electron chi connectivity index (χ0n) is 11.7. The summed E-state index contributed by atoms with van der Waals surface area (Å²) in [6, 6.07) is 1.37. The predicted octanol–water partition coefficient (Wildman–Crippen LogP) is 2.79. The fourth-order valence-corrected chi connectivity index (χ4v) is 1.47. The summed E-state index contributed by atoms with van der Waals surface area (Å²) in [6.07, 6.45) is 3.08. The average molecular weight is 264 g/mol. The molecule has 1 unspecified atom stereocenters. The van der Waals surface area contributed by atoms with Gasteiger partial charge in [0.15, 0.2) is 0 Å². The summed E-state index contributed by atoms with van der Waals surface area (Å²) in [5.41, 5.74) is 0.315. The molecule has 5 nitrogen and oxygen atoms in total. The second-order valence-corrected chi connectivity index (χ2v) is 5.75. The Morgan fingerprint density at radius 1 is 1.42 bits per heavy atom. The van der Waals surface area contributed by atoms with E-state index in [1.165, 1.54) is 18.5 Å². The number of aromatic carboxylic acids is 1. The minimum Gasteiger partial charge on any atom is -0.478 e. The van der Waals surface area contributed by atoms with Crippen molar-refractivity contribution < 1.29 is 14.7 Å². The molecule has 19 heavy (non-hydrogen) atoms. The molecule has 0 aliphatic heterocycles. The highest BCUT2D eigenvalue weighted by molar-refractivity contribution is 6.00. The van der Waals surface area contributed by atoms with E-state index in [4.69, 9.17) is 5.11 Å². The van der Waals surface area contributed by atoms with Crippen LogP contribution >= 0.6 is 0 Å². The SMILES string of the molecule is CC(CC(=O)Nc1cnccc1C(=O)O)C(C)(C)C. The first-order valence-electron chi connectivity index (χ1n) is 6.19. The van der Waals surface area contributed by atoms with E-state index < -0.39 is 5.97 Å². The number of nitrogens with one attached hydrogen (secondary N) is 1. The molecule has 1 amide bonds. The molecule has 0 fully saturated rings. The first-order chi connectivity index (χ1) is 8.71. The zero-order chi connectivity index (χ0) is 14.6. The van der Waals surface area contributed by atoms with Crippen LogP contribution < -0.4 is 5.32 Å². The number of anilines is 1. The Balaban J connectivity index is 2.76. The van der Waals surface area contributed by atoms with Crippen molar-refractivity contribution in [1.29, 1.82) is 0 Å². The second kappa shape index (κ2) is 5.82. The largest absolute Gasteiger partial charge is 0.478 e. The Labute approximate surface area is 113 Å². The van der Waals surface area contributed by atoms with Gasteiger partial charge in [0, 0.05) is 12.6 Å². The number of nitrogens with zero attached hydrogens (tertiary/aromatic N) is 1. The van der Waals surface area contributed by atoms with E-state index in [0.29, 0.717) is 6.42 Å². The van der Waals surface area contributed by atoms with Gasteiger partial charge in [-0.15, -0.1) is 0 Å². The maximum Gasteiger partial charge on any atom is 0.337 e. The molecule has 1 heterocycles. The number of aromatic nitrogens is 1. The third-order valence-corrected chi connectivity index (χ3v) is 3.30. The van der Waals surface area contributed by atoms with E-state index >= 15 is 0 Å². The summed E-state index contributed by atoms with van der Waals surface area (Å²) < 4.78 is 0. The van der Waals surface area contributed by atoms with Gasteiger partial charge < -0.3 is 10.4 Å². The van der Waals surface area contributed by atoms with E-state index in [2.05, 4.69) is 31.1 Å². The summed E-state index contributed by atoms with van der Waals surface area (Å²) in [4.78, 5) is 26.7. The van der Waals surface area contributed by atoms with Gasteiger partial charge in [0.2, 0.25) is 5.91 Å². The van der Waals surface area contributed by atoms with Gasteiger partial charge in [0.25, 0.3) is 0 Å². The van der Waals surface area contributed by atoms with Gasteiger partial charge in [-0.1, -0.05) is 27.7 Å². The number of amides is 1. The number of hydrogen-bond donors (Lipinski definition) is 2. The maximum absolute atomic E-state index is 11.9.